The van der Waals surface area contributed by atoms with Crippen LogP contribution in [-0.4, -0.2) is 24.4 Å². The van der Waals surface area contributed by atoms with Crippen molar-refractivity contribution in [3.05, 3.63) is 77.2 Å². The first-order valence-electron chi connectivity index (χ1n) is 9.27. The lowest BCUT2D eigenvalue weighted by atomic mass is 9.81. The first kappa shape index (κ1) is 16.9. The summed E-state index contributed by atoms with van der Waals surface area (Å²) >= 11 is 0. The Balaban J connectivity index is 1.86. The quantitative estimate of drug-likeness (QED) is 0.512. The largest absolute Gasteiger partial charge is 0.341 e. The van der Waals surface area contributed by atoms with Crippen LogP contribution >= 0.6 is 0 Å². The number of hydrogen-bond donors (Lipinski definition) is 0. The number of allylic oxidation sites excluding steroid dienone is 1. The predicted molar refractivity (Wildman–Crippen MR) is 110 cm³/mol. The van der Waals surface area contributed by atoms with Gasteiger partial charge in [0.2, 0.25) is 5.69 Å². The molecule has 2 nitrogen and oxygen atoms in total. The zero-order valence-corrected chi connectivity index (χ0v) is 16.6. The molecule has 2 heteroatoms. The third-order valence-electron chi connectivity index (χ3n) is 6.15. The summed E-state index contributed by atoms with van der Waals surface area (Å²) in [6, 6.07) is 17.3. The lowest BCUT2D eigenvalue weighted by Crippen LogP contribution is -2.27. The van der Waals surface area contributed by atoms with Crippen molar-refractivity contribution in [3.63, 3.8) is 0 Å². The van der Waals surface area contributed by atoms with Gasteiger partial charge in [0.25, 0.3) is 0 Å². The zero-order chi connectivity index (χ0) is 18.7. The fraction of sp³-hybridized carbons (Fsp3) is 0.333. The molecule has 0 amide bonds. The number of para-hydroxylation sites is 2. The van der Waals surface area contributed by atoms with E-state index in [4.69, 9.17) is 0 Å². The molecule has 0 saturated heterocycles. The van der Waals surface area contributed by atoms with Crippen LogP contribution in [0.25, 0.3) is 0 Å². The summed E-state index contributed by atoms with van der Waals surface area (Å²) in [5, 5.41) is 0. The maximum absolute atomic E-state index is 3.67. The van der Waals surface area contributed by atoms with Crippen LogP contribution in [-0.2, 0) is 10.8 Å². The molecule has 0 aromatic heterocycles. The molecule has 0 N–H and O–H groups in total. The average molecular weight is 343 g/mol. The topological polar surface area (TPSA) is 6.25 Å². The number of rotatable bonds is 1. The molecule has 2 aliphatic heterocycles. The van der Waals surface area contributed by atoms with Gasteiger partial charge in [-0.2, -0.15) is 4.58 Å². The third kappa shape index (κ3) is 2.15. The maximum Gasteiger partial charge on any atom is 0.209 e. The highest BCUT2D eigenvalue weighted by Gasteiger charge is 2.43. The van der Waals surface area contributed by atoms with Crippen molar-refractivity contribution in [1.82, 2.24) is 0 Å². The Morgan fingerprint density at radius 2 is 1.50 bits per heavy atom. The smallest absolute Gasteiger partial charge is 0.209 e. The Labute approximate surface area is 156 Å². The molecule has 2 heterocycles. The highest BCUT2D eigenvalue weighted by molar-refractivity contribution is 6.03. The number of benzene rings is 2. The van der Waals surface area contributed by atoms with Crippen molar-refractivity contribution >= 4 is 17.1 Å². The van der Waals surface area contributed by atoms with Crippen molar-refractivity contribution in [1.29, 1.82) is 0 Å². The van der Waals surface area contributed by atoms with Crippen molar-refractivity contribution < 1.29 is 4.58 Å². The third-order valence-corrected chi connectivity index (χ3v) is 6.15. The summed E-state index contributed by atoms with van der Waals surface area (Å²) in [5.74, 6) is 0. The fourth-order valence-corrected chi connectivity index (χ4v) is 4.63. The van der Waals surface area contributed by atoms with Gasteiger partial charge in [0.15, 0.2) is 5.71 Å². The Kier molecular flexibility index (Phi) is 3.54. The van der Waals surface area contributed by atoms with Crippen LogP contribution in [0.3, 0.4) is 0 Å². The predicted octanol–water partition coefficient (Wildman–Crippen LogP) is 5.16. The number of nitrogens with zero attached hydrogens (tertiary/aromatic N) is 2. The minimum atomic E-state index is -0.0451. The van der Waals surface area contributed by atoms with E-state index in [9.17, 15) is 0 Å². The fourth-order valence-electron chi connectivity index (χ4n) is 4.63. The molecule has 0 bridgehead atoms. The summed E-state index contributed by atoms with van der Waals surface area (Å²) in [6.07, 6.45) is 2.19. The molecule has 132 valence electrons. The number of anilines is 1. The van der Waals surface area contributed by atoms with Gasteiger partial charge in [0.1, 0.15) is 7.05 Å². The molecular formula is C24H27N2+. The van der Waals surface area contributed by atoms with Gasteiger partial charge in [-0.25, -0.2) is 0 Å². The van der Waals surface area contributed by atoms with Gasteiger partial charge < -0.3 is 4.90 Å². The summed E-state index contributed by atoms with van der Waals surface area (Å²) < 4.78 is 2.30. The number of hydrogen-bond acceptors (Lipinski definition) is 1. The van der Waals surface area contributed by atoms with Gasteiger partial charge in [-0.1, -0.05) is 42.1 Å². The van der Waals surface area contributed by atoms with E-state index in [1.165, 1.54) is 33.9 Å². The van der Waals surface area contributed by atoms with Gasteiger partial charge in [0.05, 0.1) is 17.2 Å². The maximum atomic E-state index is 3.67. The van der Waals surface area contributed by atoms with Crippen LogP contribution < -0.4 is 4.90 Å². The minimum Gasteiger partial charge on any atom is -0.341 e. The molecule has 2 aliphatic rings. The molecule has 0 atom stereocenters. The van der Waals surface area contributed by atoms with Crippen LogP contribution in [0.5, 0.6) is 0 Å². The van der Waals surface area contributed by atoms with Gasteiger partial charge in [0, 0.05) is 29.8 Å². The Morgan fingerprint density at radius 1 is 0.885 bits per heavy atom. The van der Waals surface area contributed by atoms with E-state index < -0.39 is 0 Å². The first-order chi connectivity index (χ1) is 12.3. The standard InChI is InChI=1S/C24H27N2/c1-23(2)17-11-7-9-13-19(17)25(5)21(23)15-16-22-24(3,4)18-12-8-10-14-20(18)26(22)6/h7-15H,1-6H3/q+1. The lowest BCUT2D eigenvalue weighted by molar-refractivity contribution is -0.401. The minimum absolute atomic E-state index is 0.0208. The van der Waals surface area contributed by atoms with Crippen molar-refractivity contribution in [2.24, 2.45) is 0 Å². The SMILES string of the molecule is CN1C(=C=CC2=[N+](C)c3ccccc3C2(C)C)C(C)(C)c2ccccc21. The van der Waals surface area contributed by atoms with Crippen molar-refractivity contribution in [2.75, 3.05) is 19.0 Å². The van der Waals surface area contributed by atoms with Crippen molar-refractivity contribution in [3.8, 4) is 0 Å². The average Bonchev–Trinajstić information content (AvgIpc) is 2.94. The molecular weight excluding hydrogens is 316 g/mol. The van der Waals surface area contributed by atoms with Gasteiger partial charge in [-0.05, 0) is 39.3 Å². The van der Waals surface area contributed by atoms with E-state index in [-0.39, 0.29) is 10.8 Å². The van der Waals surface area contributed by atoms with E-state index >= 15 is 0 Å². The van der Waals surface area contributed by atoms with Gasteiger partial charge in [-0.3, -0.25) is 0 Å². The summed E-state index contributed by atoms with van der Waals surface area (Å²) in [6.45, 7) is 9.17. The van der Waals surface area contributed by atoms with Crippen LogP contribution in [0.1, 0.15) is 38.8 Å². The summed E-state index contributed by atoms with van der Waals surface area (Å²) in [4.78, 5) is 2.28. The van der Waals surface area contributed by atoms with Crippen LogP contribution in [0, 0.1) is 0 Å². The van der Waals surface area contributed by atoms with Gasteiger partial charge >= 0.3 is 0 Å². The second-order valence-electron chi connectivity index (χ2n) is 8.42. The van der Waals surface area contributed by atoms with E-state index in [2.05, 4.69) is 112 Å². The molecule has 0 unspecified atom stereocenters. The molecule has 0 spiro atoms. The van der Waals surface area contributed by atoms with Crippen LogP contribution in [0.2, 0.25) is 0 Å². The van der Waals surface area contributed by atoms with Crippen molar-refractivity contribution in [2.45, 2.75) is 38.5 Å². The molecule has 2 aromatic rings. The second kappa shape index (κ2) is 5.46. The lowest BCUT2D eigenvalue weighted by Gasteiger charge is -2.22. The van der Waals surface area contributed by atoms with E-state index in [1.54, 1.807) is 0 Å². The normalized spacial score (nSPS) is 19.3. The zero-order valence-electron chi connectivity index (χ0n) is 16.6. The van der Waals surface area contributed by atoms with E-state index in [0.29, 0.717) is 0 Å². The van der Waals surface area contributed by atoms with Gasteiger partial charge in [-0.15, -0.1) is 0 Å². The molecule has 0 fully saturated rings. The molecule has 0 saturated carbocycles. The van der Waals surface area contributed by atoms with Crippen LogP contribution in [0.4, 0.5) is 11.4 Å². The van der Waals surface area contributed by atoms with E-state index in [0.717, 1.165) is 0 Å². The van der Waals surface area contributed by atoms with Crippen LogP contribution in [0.15, 0.2) is 66.0 Å². The number of fused-ring (bicyclic) bond motifs is 2. The molecule has 2 aromatic carbocycles. The molecule has 0 aliphatic carbocycles. The molecule has 0 radical (unpaired) electrons. The summed E-state index contributed by atoms with van der Waals surface area (Å²) in [7, 11) is 4.30. The Bertz CT molecular complexity index is 998. The Hall–Kier alpha value is -2.57. The monoisotopic (exact) mass is 343 g/mol. The van der Waals surface area contributed by atoms with E-state index in [1.807, 2.05) is 0 Å². The second-order valence-corrected chi connectivity index (χ2v) is 8.42. The molecule has 4 rings (SSSR count). The highest BCUT2D eigenvalue weighted by atomic mass is 15.2. The highest BCUT2D eigenvalue weighted by Crippen LogP contribution is 2.46. The summed E-state index contributed by atoms with van der Waals surface area (Å²) in [5.41, 5.74) is 11.4. The first-order valence-corrected chi connectivity index (χ1v) is 9.27. The molecule has 26 heavy (non-hydrogen) atoms. The number of likely N-dealkylation sites (N-methyl/N-ethyl adjacent to an activating group) is 1. The Morgan fingerprint density at radius 3 is 2.15 bits per heavy atom.